The molecule has 1 aromatic heterocycles. The fourth-order valence-electron chi connectivity index (χ4n) is 4.28. The van der Waals surface area contributed by atoms with Crippen LogP contribution in [0, 0.1) is 17.8 Å². The van der Waals surface area contributed by atoms with Crippen LogP contribution in [0.15, 0.2) is 34.9 Å². The van der Waals surface area contributed by atoms with Crippen molar-refractivity contribution in [2.75, 3.05) is 6.54 Å². The first-order chi connectivity index (χ1) is 12.3. The number of carbonyl (C=O) groups is 1. The lowest BCUT2D eigenvalue weighted by molar-refractivity contribution is -0.137. The molecule has 0 N–H and O–H groups in total. The Hall–Kier alpha value is -2.17. The van der Waals surface area contributed by atoms with E-state index >= 15 is 0 Å². The fourth-order valence-corrected chi connectivity index (χ4v) is 4.28. The molecule has 2 aliphatic carbocycles. The van der Waals surface area contributed by atoms with Crippen LogP contribution < -0.4 is 0 Å². The zero-order valence-corrected chi connectivity index (χ0v) is 14.3. The van der Waals surface area contributed by atoms with Crippen molar-refractivity contribution in [3.8, 4) is 11.4 Å². The number of hydrogen-bond donors (Lipinski definition) is 0. The van der Waals surface area contributed by atoms with Gasteiger partial charge < -0.3 is 9.42 Å². The Kier molecular flexibility index (Phi) is 3.61. The molecule has 3 atom stereocenters. The topological polar surface area (TPSA) is 59.2 Å². The molecule has 1 amide bonds. The van der Waals surface area contributed by atoms with Gasteiger partial charge in [0.2, 0.25) is 17.6 Å². The van der Waals surface area contributed by atoms with E-state index in [1.807, 2.05) is 35.2 Å². The molecule has 1 saturated heterocycles. The molecule has 2 saturated carbocycles. The lowest BCUT2D eigenvalue weighted by Crippen LogP contribution is -2.40. The van der Waals surface area contributed by atoms with Crippen LogP contribution in [0.2, 0.25) is 0 Å². The summed E-state index contributed by atoms with van der Waals surface area (Å²) in [6.07, 6.45) is 6.83. The maximum atomic E-state index is 13.0. The van der Waals surface area contributed by atoms with Crippen LogP contribution in [0.4, 0.5) is 0 Å². The van der Waals surface area contributed by atoms with Crippen molar-refractivity contribution in [1.82, 2.24) is 15.0 Å². The van der Waals surface area contributed by atoms with Crippen molar-refractivity contribution in [3.63, 3.8) is 0 Å². The molecule has 5 nitrogen and oxygen atoms in total. The van der Waals surface area contributed by atoms with Crippen molar-refractivity contribution in [2.45, 2.75) is 44.6 Å². The highest BCUT2D eigenvalue weighted by Crippen LogP contribution is 2.55. The Bertz CT molecular complexity index is 768. The Morgan fingerprint density at radius 3 is 2.76 bits per heavy atom. The van der Waals surface area contributed by atoms with Crippen molar-refractivity contribution >= 4 is 5.91 Å². The van der Waals surface area contributed by atoms with Gasteiger partial charge in [-0.2, -0.15) is 4.98 Å². The van der Waals surface area contributed by atoms with Crippen molar-refractivity contribution in [3.05, 3.63) is 36.2 Å². The van der Waals surface area contributed by atoms with Crippen molar-refractivity contribution in [2.24, 2.45) is 17.8 Å². The third-order valence-electron chi connectivity index (χ3n) is 5.93. The van der Waals surface area contributed by atoms with Gasteiger partial charge in [-0.1, -0.05) is 35.5 Å². The zero-order chi connectivity index (χ0) is 16.8. The Balaban J connectivity index is 1.36. The largest absolute Gasteiger partial charge is 0.337 e. The van der Waals surface area contributed by atoms with Crippen LogP contribution in [0.5, 0.6) is 0 Å². The first-order valence-electron chi connectivity index (χ1n) is 9.51. The molecule has 5 heteroatoms. The maximum Gasteiger partial charge on any atom is 0.249 e. The minimum atomic E-state index is -0.0494. The van der Waals surface area contributed by atoms with Gasteiger partial charge in [0.1, 0.15) is 6.04 Å². The summed E-state index contributed by atoms with van der Waals surface area (Å²) >= 11 is 0. The van der Waals surface area contributed by atoms with Crippen LogP contribution >= 0.6 is 0 Å². The number of amides is 1. The van der Waals surface area contributed by atoms with Crippen LogP contribution in [0.1, 0.15) is 50.5 Å². The zero-order valence-electron chi connectivity index (χ0n) is 14.3. The smallest absolute Gasteiger partial charge is 0.249 e. The van der Waals surface area contributed by atoms with Gasteiger partial charge in [0, 0.05) is 18.0 Å². The second-order valence-corrected chi connectivity index (χ2v) is 7.71. The maximum absolute atomic E-state index is 13.0. The van der Waals surface area contributed by atoms with Crippen molar-refractivity contribution in [1.29, 1.82) is 0 Å². The first kappa shape index (κ1) is 15.1. The fraction of sp³-hybridized carbons (Fsp3) is 0.550. The molecule has 25 heavy (non-hydrogen) atoms. The van der Waals surface area contributed by atoms with Crippen LogP contribution in [-0.2, 0) is 4.79 Å². The minimum absolute atomic E-state index is 0.0494. The molecule has 0 bridgehead atoms. The number of piperidine rings is 1. The predicted octanol–water partition coefficient (Wildman–Crippen LogP) is 3.84. The van der Waals surface area contributed by atoms with Gasteiger partial charge in [0.25, 0.3) is 0 Å². The summed E-state index contributed by atoms with van der Waals surface area (Å²) in [5.41, 5.74) is 0.946. The van der Waals surface area contributed by atoms with E-state index in [-0.39, 0.29) is 12.0 Å². The first-order valence-corrected chi connectivity index (χ1v) is 9.51. The van der Waals surface area contributed by atoms with E-state index in [4.69, 9.17) is 4.52 Å². The van der Waals surface area contributed by atoms with Gasteiger partial charge in [-0.15, -0.1) is 0 Å². The standard InChI is InChI=1S/C20H23N3O2/c24-20(16-12-15(16)13-9-10-13)23-11-5-4-8-17(23)19-21-18(22-25-19)14-6-2-1-3-7-14/h1-3,6-7,13,15-17H,4-5,8-12H2. The number of aromatic nitrogens is 2. The lowest BCUT2D eigenvalue weighted by Gasteiger charge is -2.33. The van der Waals surface area contributed by atoms with E-state index in [1.165, 1.54) is 12.8 Å². The number of nitrogens with zero attached hydrogens (tertiary/aromatic N) is 3. The summed E-state index contributed by atoms with van der Waals surface area (Å²) < 4.78 is 5.57. The molecule has 1 aliphatic heterocycles. The van der Waals surface area contributed by atoms with Crippen LogP contribution in [0.3, 0.4) is 0 Å². The molecular weight excluding hydrogens is 314 g/mol. The molecule has 3 aliphatic rings. The molecule has 5 rings (SSSR count). The van der Waals surface area contributed by atoms with E-state index in [9.17, 15) is 4.79 Å². The summed E-state index contributed by atoms with van der Waals surface area (Å²) in [5.74, 6) is 3.25. The molecule has 130 valence electrons. The van der Waals surface area contributed by atoms with E-state index in [0.29, 0.717) is 23.5 Å². The van der Waals surface area contributed by atoms with Gasteiger partial charge in [0.05, 0.1) is 0 Å². The lowest BCUT2D eigenvalue weighted by atomic mass is 10.0. The molecule has 1 aromatic carbocycles. The number of benzene rings is 1. The van der Waals surface area contributed by atoms with Crippen molar-refractivity contribution < 1.29 is 9.32 Å². The summed E-state index contributed by atoms with van der Waals surface area (Å²) in [6.45, 7) is 0.820. The third-order valence-corrected chi connectivity index (χ3v) is 5.93. The number of hydrogen-bond acceptors (Lipinski definition) is 4. The molecule has 3 fully saturated rings. The summed E-state index contributed by atoms with van der Waals surface area (Å²) in [4.78, 5) is 19.6. The molecule has 0 radical (unpaired) electrons. The second kappa shape index (κ2) is 5.97. The van der Waals surface area contributed by atoms with Crippen LogP contribution in [-0.4, -0.2) is 27.5 Å². The van der Waals surface area contributed by atoms with Gasteiger partial charge >= 0.3 is 0 Å². The summed E-state index contributed by atoms with van der Waals surface area (Å²) in [5, 5.41) is 4.14. The molecule has 0 spiro atoms. The highest BCUT2D eigenvalue weighted by atomic mass is 16.5. The average molecular weight is 337 g/mol. The quantitative estimate of drug-likeness (QED) is 0.850. The number of rotatable bonds is 4. The van der Waals surface area contributed by atoms with E-state index < -0.39 is 0 Å². The van der Waals surface area contributed by atoms with E-state index in [1.54, 1.807) is 0 Å². The van der Waals surface area contributed by atoms with Gasteiger partial charge in [0.15, 0.2) is 0 Å². The van der Waals surface area contributed by atoms with E-state index in [0.717, 1.165) is 43.7 Å². The average Bonchev–Trinajstić information content (AvgIpc) is 3.58. The predicted molar refractivity (Wildman–Crippen MR) is 92.4 cm³/mol. The van der Waals surface area contributed by atoms with Gasteiger partial charge in [-0.3, -0.25) is 4.79 Å². The highest BCUT2D eigenvalue weighted by molar-refractivity contribution is 5.82. The highest BCUT2D eigenvalue weighted by Gasteiger charge is 2.53. The second-order valence-electron chi connectivity index (χ2n) is 7.71. The monoisotopic (exact) mass is 337 g/mol. The number of carbonyl (C=O) groups excluding carboxylic acids is 1. The normalized spacial score (nSPS) is 28.8. The van der Waals surface area contributed by atoms with E-state index in [2.05, 4.69) is 10.1 Å². The third kappa shape index (κ3) is 2.86. The summed E-state index contributed by atoms with van der Waals surface area (Å²) in [7, 11) is 0. The SMILES string of the molecule is O=C(C1CC1C1CC1)N1CCCCC1c1nc(-c2ccccc2)no1. The Morgan fingerprint density at radius 2 is 1.96 bits per heavy atom. The van der Waals surface area contributed by atoms with Gasteiger partial charge in [-0.25, -0.2) is 0 Å². The molecular formula is C20H23N3O2. The molecule has 2 heterocycles. The Labute approximate surface area is 147 Å². The van der Waals surface area contributed by atoms with Crippen LogP contribution in [0.25, 0.3) is 11.4 Å². The number of likely N-dealkylation sites (tertiary alicyclic amines) is 1. The molecule has 3 unspecified atom stereocenters. The molecule has 2 aromatic rings. The summed E-state index contributed by atoms with van der Waals surface area (Å²) in [6, 6.07) is 9.80. The van der Waals surface area contributed by atoms with Gasteiger partial charge in [-0.05, 0) is 50.4 Å². The minimum Gasteiger partial charge on any atom is -0.337 e. The Morgan fingerprint density at radius 1 is 1.12 bits per heavy atom.